The van der Waals surface area contributed by atoms with Crippen molar-refractivity contribution in [3.05, 3.63) is 23.9 Å². The molecule has 0 saturated carbocycles. The van der Waals surface area contributed by atoms with E-state index < -0.39 is 0 Å². The van der Waals surface area contributed by atoms with Gasteiger partial charge in [-0.3, -0.25) is 4.79 Å². The Bertz CT molecular complexity index is 538. The Labute approximate surface area is 138 Å². The van der Waals surface area contributed by atoms with Crippen LogP contribution in [0.1, 0.15) is 12.5 Å². The maximum atomic E-state index is 12.2. The molecule has 1 atom stereocenters. The Kier molecular flexibility index (Phi) is 5.13. The van der Waals surface area contributed by atoms with Crippen LogP contribution in [0.15, 0.2) is 18.3 Å². The number of carbonyl (C=O) groups excluding carboxylic acids is 1. The number of pyridine rings is 1. The molecule has 1 aromatic heterocycles. The summed E-state index contributed by atoms with van der Waals surface area (Å²) >= 11 is 0. The van der Waals surface area contributed by atoms with E-state index in [9.17, 15) is 4.79 Å². The number of anilines is 1. The summed E-state index contributed by atoms with van der Waals surface area (Å²) in [4.78, 5) is 21.3. The van der Waals surface area contributed by atoms with Gasteiger partial charge < -0.3 is 20.4 Å². The summed E-state index contributed by atoms with van der Waals surface area (Å²) in [5, 5.41) is 6.28. The molecule has 6 heteroatoms. The lowest BCUT2D eigenvalue weighted by Gasteiger charge is -2.33. The van der Waals surface area contributed by atoms with Crippen LogP contribution in [0.5, 0.6) is 0 Å². The fraction of sp³-hybridized carbons (Fsp3) is 0.647. The monoisotopic (exact) mass is 317 g/mol. The Morgan fingerprint density at radius 1 is 1.39 bits per heavy atom. The van der Waals surface area contributed by atoms with Gasteiger partial charge in [0.15, 0.2) is 0 Å². The summed E-state index contributed by atoms with van der Waals surface area (Å²) in [7, 11) is 2.15. The second-order valence-corrected chi connectivity index (χ2v) is 6.74. The van der Waals surface area contributed by atoms with E-state index in [1.807, 2.05) is 19.2 Å². The van der Waals surface area contributed by atoms with E-state index in [1.54, 1.807) is 0 Å². The molecule has 3 heterocycles. The number of nitrogens with zero attached hydrogens (tertiary/aromatic N) is 3. The van der Waals surface area contributed by atoms with Gasteiger partial charge in [-0.1, -0.05) is 6.92 Å². The summed E-state index contributed by atoms with van der Waals surface area (Å²) in [5.74, 6) is 1.72. The SMILES string of the molecule is CC(C(=O)NCc1ccnc(N2CCN(C)CC2)c1)C1CNC1. The summed E-state index contributed by atoms with van der Waals surface area (Å²) in [6.45, 7) is 8.64. The van der Waals surface area contributed by atoms with E-state index in [0.29, 0.717) is 12.5 Å². The number of carbonyl (C=O) groups is 1. The van der Waals surface area contributed by atoms with Crippen LogP contribution in [0.3, 0.4) is 0 Å². The number of amides is 1. The number of hydrogen-bond acceptors (Lipinski definition) is 5. The number of likely N-dealkylation sites (N-methyl/N-ethyl adjacent to an activating group) is 1. The molecule has 0 spiro atoms. The first-order chi connectivity index (χ1) is 11.1. The molecule has 1 aromatic rings. The molecule has 2 saturated heterocycles. The van der Waals surface area contributed by atoms with Gasteiger partial charge in [-0.25, -0.2) is 4.98 Å². The van der Waals surface area contributed by atoms with Gasteiger partial charge in [0.1, 0.15) is 5.82 Å². The standard InChI is InChI=1S/C17H27N5O/c1-13(15-11-18-12-15)17(23)20-10-14-3-4-19-16(9-14)22-7-5-21(2)6-8-22/h3-4,9,13,15,18H,5-8,10-12H2,1-2H3,(H,20,23). The molecule has 1 unspecified atom stereocenters. The zero-order valence-electron chi connectivity index (χ0n) is 14.1. The molecule has 2 fully saturated rings. The molecule has 2 aliphatic rings. The average Bonchev–Trinajstić information content (AvgIpc) is 2.52. The van der Waals surface area contributed by atoms with E-state index >= 15 is 0 Å². The number of piperazine rings is 1. The van der Waals surface area contributed by atoms with Crippen LogP contribution in [0.4, 0.5) is 5.82 Å². The molecule has 0 radical (unpaired) electrons. The van der Waals surface area contributed by atoms with Crippen molar-refractivity contribution in [2.45, 2.75) is 13.5 Å². The van der Waals surface area contributed by atoms with Gasteiger partial charge in [-0.05, 0) is 43.8 Å². The summed E-state index contributed by atoms with van der Waals surface area (Å²) in [6.07, 6.45) is 1.84. The third-order valence-corrected chi connectivity index (χ3v) is 5.04. The number of nitrogens with one attached hydrogen (secondary N) is 2. The van der Waals surface area contributed by atoms with E-state index in [2.05, 4.69) is 38.5 Å². The highest BCUT2D eigenvalue weighted by Gasteiger charge is 2.28. The molecule has 1 amide bonds. The van der Waals surface area contributed by atoms with Gasteiger partial charge >= 0.3 is 0 Å². The average molecular weight is 317 g/mol. The quantitative estimate of drug-likeness (QED) is 0.818. The van der Waals surface area contributed by atoms with Crippen LogP contribution in [-0.2, 0) is 11.3 Å². The van der Waals surface area contributed by atoms with E-state index in [1.165, 1.54) is 0 Å². The molecule has 0 bridgehead atoms. The third kappa shape index (κ3) is 4.00. The van der Waals surface area contributed by atoms with Crippen LogP contribution in [0, 0.1) is 11.8 Å². The molecule has 2 N–H and O–H groups in total. The van der Waals surface area contributed by atoms with Crippen molar-refractivity contribution in [1.29, 1.82) is 0 Å². The second-order valence-electron chi connectivity index (χ2n) is 6.74. The normalized spacial score (nSPS) is 20.9. The van der Waals surface area contributed by atoms with Gasteiger partial charge in [0.25, 0.3) is 0 Å². The Balaban J connectivity index is 1.54. The van der Waals surface area contributed by atoms with Crippen molar-refractivity contribution < 1.29 is 4.79 Å². The number of aromatic nitrogens is 1. The molecule has 126 valence electrons. The van der Waals surface area contributed by atoms with Crippen molar-refractivity contribution in [2.75, 3.05) is 51.2 Å². The van der Waals surface area contributed by atoms with Gasteiger partial charge in [-0.2, -0.15) is 0 Å². The highest BCUT2D eigenvalue weighted by atomic mass is 16.1. The zero-order valence-corrected chi connectivity index (χ0v) is 14.1. The van der Waals surface area contributed by atoms with Crippen molar-refractivity contribution >= 4 is 11.7 Å². The molecule has 6 nitrogen and oxygen atoms in total. The Hall–Kier alpha value is -1.66. The van der Waals surface area contributed by atoms with Crippen molar-refractivity contribution in [3.63, 3.8) is 0 Å². The fourth-order valence-electron chi connectivity index (χ4n) is 3.01. The Morgan fingerprint density at radius 3 is 2.78 bits per heavy atom. The first kappa shape index (κ1) is 16.2. The van der Waals surface area contributed by atoms with Crippen LogP contribution in [0.2, 0.25) is 0 Å². The predicted octanol–water partition coefficient (Wildman–Crippen LogP) is 0.305. The highest BCUT2D eigenvalue weighted by molar-refractivity contribution is 5.78. The Morgan fingerprint density at radius 2 is 2.13 bits per heavy atom. The second kappa shape index (κ2) is 7.27. The highest BCUT2D eigenvalue weighted by Crippen LogP contribution is 2.17. The van der Waals surface area contributed by atoms with Gasteiger partial charge in [-0.15, -0.1) is 0 Å². The maximum absolute atomic E-state index is 12.2. The van der Waals surface area contributed by atoms with Crippen molar-refractivity contribution in [3.8, 4) is 0 Å². The molecular formula is C17H27N5O. The lowest BCUT2D eigenvalue weighted by molar-refractivity contribution is -0.126. The van der Waals surface area contributed by atoms with E-state index in [4.69, 9.17) is 0 Å². The van der Waals surface area contributed by atoms with Gasteiger partial charge in [0.05, 0.1) is 0 Å². The van der Waals surface area contributed by atoms with Crippen LogP contribution in [-0.4, -0.2) is 62.1 Å². The maximum Gasteiger partial charge on any atom is 0.223 e. The van der Waals surface area contributed by atoms with Gasteiger partial charge in [0, 0.05) is 44.8 Å². The summed E-state index contributed by atoms with van der Waals surface area (Å²) in [6, 6.07) is 4.08. The van der Waals surface area contributed by atoms with E-state index in [-0.39, 0.29) is 11.8 Å². The molecule has 3 rings (SSSR count). The lowest BCUT2D eigenvalue weighted by Crippen LogP contribution is -2.49. The zero-order chi connectivity index (χ0) is 16.2. The largest absolute Gasteiger partial charge is 0.354 e. The lowest BCUT2D eigenvalue weighted by atomic mass is 9.88. The summed E-state index contributed by atoms with van der Waals surface area (Å²) in [5.41, 5.74) is 1.11. The molecule has 23 heavy (non-hydrogen) atoms. The predicted molar refractivity (Wildman–Crippen MR) is 91.3 cm³/mol. The molecular weight excluding hydrogens is 290 g/mol. The molecule has 2 aliphatic heterocycles. The first-order valence-electron chi connectivity index (χ1n) is 8.50. The van der Waals surface area contributed by atoms with Crippen LogP contribution in [0.25, 0.3) is 0 Å². The fourth-order valence-corrected chi connectivity index (χ4v) is 3.01. The van der Waals surface area contributed by atoms with Crippen molar-refractivity contribution in [2.24, 2.45) is 11.8 Å². The minimum Gasteiger partial charge on any atom is -0.354 e. The topological polar surface area (TPSA) is 60.5 Å². The summed E-state index contributed by atoms with van der Waals surface area (Å²) < 4.78 is 0. The smallest absolute Gasteiger partial charge is 0.223 e. The first-order valence-corrected chi connectivity index (χ1v) is 8.50. The molecule has 0 aromatic carbocycles. The minimum atomic E-state index is 0.0789. The molecule has 0 aliphatic carbocycles. The third-order valence-electron chi connectivity index (χ3n) is 5.04. The number of hydrogen-bond donors (Lipinski definition) is 2. The van der Waals surface area contributed by atoms with Crippen LogP contribution >= 0.6 is 0 Å². The van der Waals surface area contributed by atoms with Gasteiger partial charge in [0.2, 0.25) is 5.91 Å². The van der Waals surface area contributed by atoms with Crippen molar-refractivity contribution in [1.82, 2.24) is 20.5 Å². The number of rotatable bonds is 5. The minimum absolute atomic E-state index is 0.0789. The van der Waals surface area contributed by atoms with E-state index in [0.717, 1.165) is 50.6 Å². The van der Waals surface area contributed by atoms with Crippen LogP contribution < -0.4 is 15.5 Å².